The molecule has 1 unspecified atom stereocenters. The fourth-order valence-electron chi connectivity index (χ4n) is 2.85. The Morgan fingerprint density at radius 1 is 1.19 bits per heavy atom. The van der Waals surface area contributed by atoms with Crippen LogP contribution in [0.4, 0.5) is 4.39 Å². The van der Waals surface area contributed by atoms with Gasteiger partial charge in [-0.25, -0.2) is 4.39 Å². The summed E-state index contributed by atoms with van der Waals surface area (Å²) in [5, 5.41) is 10.9. The number of benzene rings is 3. The summed E-state index contributed by atoms with van der Waals surface area (Å²) in [4.78, 5) is 16.6. The van der Waals surface area contributed by atoms with Gasteiger partial charge in [-0.05, 0) is 40.1 Å². The molecule has 3 rings (SSSR count). The van der Waals surface area contributed by atoms with E-state index in [4.69, 9.17) is 10.00 Å². The first-order valence-corrected chi connectivity index (χ1v) is 8.36. The highest BCUT2D eigenvalue weighted by atomic mass is 19.1. The van der Waals surface area contributed by atoms with Crippen LogP contribution in [0.1, 0.15) is 22.8 Å². The summed E-state index contributed by atoms with van der Waals surface area (Å²) >= 11 is 0. The SMILES string of the molecule is COC(C(=O)CN=Cc1ccc(C#N)c(F)c1)c1ccc2ccccc2c1. The Labute approximate surface area is 156 Å². The van der Waals surface area contributed by atoms with Crippen molar-refractivity contribution in [2.45, 2.75) is 6.10 Å². The lowest BCUT2D eigenvalue weighted by atomic mass is 10.0. The van der Waals surface area contributed by atoms with Crippen LogP contribution in [0.25, 0.3) is 10.8 Å². The fourth-order valence-corrected chi connectivity index (χ4v) is 2.85. The molecule has 4 nitrogen and oxygen atoms in total. The molecular formula is C22H17FN2O2. The first-order chi connectivity index (χ1) is 13.1. The van der Waals surface area contributed by atoms with Crippen molar-refractivity contribution in [3.05, 3.63) is 83.2 Å². The summed E-state index contributed by atoms with van der Waals surface area (Å²) in [5.74, 6) is -0.808. The highest BCUT2D eigenvalue weighted by molar-refractivity contribution is 5.90. The molecule has 0 aliphatic rings. The van der Waals surface area contributed by atoms with E-state index in [1.807, 2.05) is 42.5 Å². The van der Waals surface area contributed by atoms with E-state index < -0.39 is 11.9 Å². The van der Waals surface area contributed by atoms with Crippen molar-refractivity contribution in [2.24, 2.45) is 4.99 Å². The third-order valence-corrected chi connectivity index (χ3v) is 4.21. The highest BCUT2D eigenvalue weighted by Gasteiger charge is 2.19. The largest absolute Gasteiger partial charge is 0.369 e. The number of halogens is 1. The predicted molar refractivity (Wildman–Crippen MR) is 102 cm³/mol. The Morgan fingerprint density at radius 3 is 2.67 bits per heavy atom. The molecule has 0 aromatic heterocycles. The van der Waals surface area contributed by atoms with Crippen LogP contribution in [0, 0.1) is 17.1 Å². The van der Waals surface area contributed by atoms with E-state index in [0.717, 1.165) is 16.3 Å². The van der Waals surface area contributed by atoms with Crippen molar-refractivity contribution in [1.29, 1.82) is 5.26 Å². The number of nitrogens with zero attached hydrogens (tertiary/aromatic N) is 2. The van der Waals surface area contributed by atoms with Gasteiger partial charge in [-0.15, -0.1) is 0 Å². The molecule has 0 aliphatic heterocycles. The zero-order valence-corrected chi connectivity index (χ0v) is 14.7. The number of carbonyl (C=O) groups is 1. The standard InChI is InChI=1S/C22H17FN2O2/c1-27-22(18-9-8-16-4-2-3-5-17(16)11-18)21(26)14-25-13-15-6-7-19(12-24)20(23)10-15/h2-11,13,22H,14H2,1H3. The summed E-state index contributed by atoms with van der Waals surface area (Å²) in [7, 11) is 1.48. The van der Waals surface area contributed by atoms with Gasteiger partial charge in [0.05, 0.1) is 5.56 Å². The molecule has 5 heteroatoms. The Kier molecular flexibility index (Phi) is 5.70. The average Bonchev–Trinajstić information content (AvgIpc) is 2.68. The van der Waals surface area contributed by atoms with E-state index in [0.29, 0.717) is 5.56 Å². The topological polar surface area (TPSA) is 62.4 Å². The van der Waals surface area contributed by atoms with Gasteiger partial charge < -0.3 is 4.74 Å². The van der Waals surface area contributed by atoms with Gasteiger partial charge in [-0.2, -0.15) is 5.26 Å². The lowest BCUT2D eigenvalue weighted by molar-refractivity contribution is -0.127. The van der Waals surface area contributed by atoms with E-state index in [2.05, 4.69) is 4.99 Å². The molecule has 1 atom stereocenters. The van der Waals surface area contributed by atoms with Gasteiger partial charge in [0, 0.05) is 13.3 Å². The second kappa shape index (κ2) is 8.35. The van der Waals surface area contributed by atoms with Gasteiger partial charge in [-0.1, -0.05) is 42.5 Å². The summed E-state index contributed by atoms with van der Waals surface area (Å²) < 4.78 is 19.0. The van der Waals surface area contributed by atoms with Crippen molar-refractivity contribution < 1.29 is 13.9 Å². The normalized spacial score (nSPS) is 12.2. The number of hydrogen-bond acceptors (Lipinski definition) is 4. The minimum atomic E-state index is -0.718. The fraction of sp³-hybridized carbons (Fsp3) is 0.136. The van der Waals surface area contributed by atoms with Crippen LogP contribution >= 0.6 is 0 Å². The number of aliphatic imine (C=N–C) groups is 1. The number of carbonyl (C=O) groups excluding carboxylic acids is 1. The smallest absolute Gasteiger partial charge is 0.187 e. The Balaban J connectivity index is 1.73. The number of fused-ring (bicyclic) bond motifs is 1. The quantitative estimate of drug-likeness (QED) is 0.618. The molecular weight excluding hydrogens is 343 g/mol. The number of ketones is 1. The average molecular weight is 360 g/mol. The number of hydrogen-bond donors (Lipinski definition) is 0. The third kappa shape index (κ3) is 4.25. The van der Waals surface area contributed by atoms with E-state index in [-0.39, 0.29) is 17.9 Å². The number of rotatable bonds is 6. The van der Waals surface area contributed by atoms with E-state index in [1.165, 1.54) is 25.5 Å². The summed E-state index contributed by atoms with van der Waals surface area (Å²) in [5.41, 5.74) is 1.22. The molecule has 0 spiro atoms. The molecule has 0 saturated heterocycles. The van der Waals surface area contributed by atoms with Gasteiger partial charge in [0.2, 0.25) is 0 Å². The number of nitriles is 1. The lowest BCUT2D eigenvalue weighted by Crippen LogP contribution is -2.17. The van der Waals surface area contributed by atoms with Crippen molar-refractivity contribution in [2.75, 3.05) is 13.7 Å². The van der Waals surface area contributed by atoms with Crippen LogP contribution in [-0.4, -0.2) is 25.7 Å². The maximum Gasteiger partial charge on any atom is 0.187 e. The molecule has 3 aromatic rings. The van der Waals surface area contributed by atoms with Crippen LogP contribution in [0.15, 0.2) is 65.7 Å². The Morgan fingerprint density at radius 2 is 1.96 bits per heavy atom. The van der Waals surface area contributed by atoms with Crippen LogP contribution in [0.5, 0.6) is 0 Å². The second-order valence-electron chi connectivity index (χ2n) is 6.01. The number of ether oxygens (including phenoxy) is 1. The van der Waals surface area contributed by atoms with Crippen molar-refractivity contribution in [3.8, 4) is 6.07 Å². The van der Waals surface area contributed by atoms with Crippen LogP contribution in [0.2, 0.25) is 0 Å². The van der Waals surface area contributed by atoms with E-state index in [9.17, 15) is 9.18 Å². The molecule has 0 amide bonds. The van der Waals surface area contributed by atoms with Gasteiger partial charge in [0.15, 0.2) is 5.78 Å². The third-order valence-electron chi connectivity index (χ3n) is 4.21. The van der Waals surface area contributed by atoms with Crippen LogP contribution in [0.3, 0.4) is 0 Å². The molecule has 0 saturated carbocycles. The second-order valence-corrected chi connectivity index (χ2v) is 6.01. The predicted octanol–water partition coefficient (Wildman–Crippen LogP) is 4.23. The molecule has 0 aliphatic carbocycles. The Bertz CT molecular complexity index is 1050. The first kappa shape index (κ1) is 18.4. The summed E-state index contributed by atoms with van der Waals surface area (Å²) in [6.07, 6.45) is 0.694. The van der Waals surface area contributed by atoms with Crippen LogP contribution < -0.4 is 0 Å². The molecule has 0 heterocycles. The first-order valence-electron chi connectivity index (χ1n) is 8.36. The van der Waals surface area contributed by atoms with Gasteiger partial charge in [0.1, 0.15) is 24.5 Å². The maximum absolute atomic E-state index is 13.6. The maximum atomic E-state index is 13.6. The zero-order valence-electron chi connectivity index (χ0n) is 14.7. The van der Waals surface area contributed by atoms with Gasteiger partial charge >= 0.3 is 0 Å². The van der Waals surface area contributed by atoms with Crippen LogP contribution in [-0.2, 0) is 9.53 Å². The van der Waals surface area contributed by atoms with Crippen molar-refractivity contribution >= 4 is 22.8 Å². The molecule has 0 N–H and O–H groups in total. The van der Waals surface area contributed by atoms with Gasteiger partial charge in [0.25, 0.3) is 0 Å². The molecule has 134 valence electrons. The van der Waals surface area contributed by atoms with Crippen molar-refractivity contribution in [1.82, 2.24) is 0 Å². The number of Topliss-reactive ketones (excluding diaryl/α,β-unsaturated/α-hetero) is 1. The molecule has 3 aromatic carbocycles. The van der Waals surface area contributed by atoms with Crippen molar-refractivity contribution in [3.63, 3.8) is 0 Å². The molecule has 0 fully saturated rings. The van der Waals surface area contributed by atoms with E-state index >= 15 is 0 Å². The number of methoxy groups -OCH3 is 1. The molecule has 27 heavy (non-hydrogen) atoms. The lowest BCUT2D eigenvalue weighted by Gasteiger charge is -2.14. The minimum absolute atomic E-state index is 0.0287. The highest BCUT2D eigenvalue weighted by Crippen LogP contribution is 2.23. The van der Waals surface area contributed by atoms with E-state index in [1.54, 1.807) is 12.1 Å². The molecule has 0 radical (unpaired) electrons. The summed E-state index contributed by atoms with van der Waals surface area (Å²) in [6.45, 7) is -0.0903. The molecule has 0 bridgehead atoms. The summed E-state index contributed by atoms with van der Waals surface area (Å²) in [6, 6.07) is 19.6. The zero-order chi connectivity index (χ0) is 19.2. The Hall–Kier alpha value is -3.36. The monoisotopic (exact) mass is 360 g/mol. The van der Waals surface area contributed by atoms with Gasteiger partial charge in [-0.3, -0.25) is 9.79 Å². The minimum Gasteiger partial charge on any atom is -0.369 e.